The zero-order chi connectivity index (χ0) is 48.6. The van der Waals surface area contributed by atoms with Gasteiger partial charge in [-0.15, -0.1) is 11.3 Å². The van der Waals surface area contributed by atoms with Gasteiger partial charge in [0.1, 0.15) is 0 Å². The number of benzene rings is 4. The van der Waals surface area contributed by atoms with Crippen molar-refractivity contribution in [1.82, 2.24) is 0 Å². The van der Waals surface area contributed by atoms with Crippen molar-refractivity contribution in [1.29, 1.82) is 0 Å². The highest BCUT2D eigenvalue weighted by Gasteiger charge is 2.51. The Kier molecular flexibility index (Phi) is 10.1. The minimum Gasteiger partial charge on any atom is -0.335 e. The number of thiophene rings is 1. The quantitative estimate of drug-likeness (QED) is 0.163. The van der Waals surface area contributed by atoms with E-state index in [1.807, 2.05) is 0 Å². The average molecular weight is 921 g/mol. The summed E-state index contributed by atoms with van der Waals surface area (Å²) in [6.45, 7) is 42.2. The molecule has 11 rings (SSSR count). The smallest absolute Gasteiger partial charge is 0.264 e. The van der Waals surface area contributed by atoms with Gasteiger partial charge in [-0.1, -0.05) is 154 Å². The van der Waals surface area contributed by atoms with Crippen molar-refractivity contribution in [2.45, 2.75) is 208 Å². The van der Waals surface area contributed by atoms with E-state index in [0.717, 1.165) is 12.8 Å². The molecule has 2 aliphatic heterocycles. The summed E-state index contributed by atoms with van der Waals surface area (Å²) < 4.78 is 2.95. The van der Waals surface area contributed by atoms with E-state index in [4.69, 9.17) is 0 Å². The van der Waals surface area contributed by atoms with Crippen molar-refractivity contribution in [2.24, 2.45) is 10.8 Å². The standard InChI is InChI=1S/C64H81BN2S/c1-18-38(2)39-19-21-41(22-20-39)67-53-32-40(58(3,4)5)31-52-55(53)65(57-56(67)43-34-46-49(37-54(43)68-57)64(16,17)30-27-61(46,10)11)50-35-47-48(63(14,15)29-28-62(47,12)13)36-51(50)66(52)42-23-24-44-45(33-42)60(8,9)26-25-59(44,6)7/h19-24,31-32,34-38,42H,18,25-30,33H2,1-17H3. The van der Waals surface area contributed by atoms with E-state index in [1.165, 1.54) is 104 Å². The molecule has 68 heavy (non-hydrogen) atoms. The number of fused-ring (bicyclic) bond motifs is 8. The van der Waals surface area contributed by atoms with Gasteiger partial charge in [-0.2, -0.15) is 0 Å². The number of allylic oxidation sites excluding steroid dienone is 2. The van der Waals surface area contributed by atoms with Gasteiger partial charge in [0.05, 0.1) is 11.7 Å². The molecule has 0 fully saturated rings. The molecule has 0 saturated carbocycles. The minimum atomic E-state index is -0.0694. The molecule has 0 radical (unpaired) electrons. The van der Waals surface area contributed by atoms with Gasteiger partial charge in [-0.25, -0.2) is 0 Å². The Morgan fingerprint density at radius 3 is 1.79 bits per heavy atom. The van der Waals surface area contributed by atoms with Crippen LogP contribution in [0.2, 0.25) is 0 Å². The van der Waals surface area contributed by atoms with E-state index >= 15 is 0 Å². The molecule has 4 aromatic carbocycles. The lowest BCUT2D eigenvalue weighted by Crippen LogP contribution is -2.62. The number of anilines is 5. The Hall–Kier alpha value is -4.02. The van der Waals surface area contributed by atoms with Gasteiger partial charge >= 0.3 is 0 Å². The predicted octanol–water partition coefficient (Wildman–Crippen LogP) is 16.6. The monoisotopic (exact) mass is 921 g/mol. The van der Waals surface area contributed by atoms with E-state index in [0.29, 0.717) is 5.92 Å². The maximum Gasteiger partial charge on any atom is 0.264 e. The molecule has 4 aliphatic carbocycles. The first-order valence-electron chi connectivity index (χ1n) is 26.8. The third-order valence-corrected chi connectivity index (χ3v) is 20.5. The third kappa shape index (κ3) is 6.81. The summed E-state index contributed by atoms with van der Waals surface area (Å²) in [6, 6.07) is 26.1. The summed E-state index contributed by atoms with van der Waals surface area (Å²) in [6.07, 6.45) is 14.7. The van der Waals surface area contributed by atoms with Gasteiger partial charge < -0.3 is 9.80 Å². The molecule has 0 bridgehead atoms. The molecular weight excluding hydrogens is 840 g/mol. The summed E-state index contributed by atoms with van der Waals surface area (Å²) in [7, 11) is 0. The normalized spacial score (nSPS) is 23.6. The van der Waals surface area contributed by atoms with Crippen molar-refractivity contribution >= 4 is 72.3 Å². The van der Waals surface area contributed by atoms with Gasteiger partial charge in [-0.3, -0.25) is 0 Å². The Morgan fingerprint density at radius 2 is 1.19 bits per heavy atom. The second kappa shape index (κ2) is 14.8. The van der Waals surface area contributed by atoms with Gasteiger partial charge in [-0.05, 0) is 188 Å². The largest absolute Gasteiger partial charge is 0.335 e. The van der Waals surface area contributed by atoms with Gasteiger partial charge in [0.2, 0.25) is 0 Å². The molecule has 0 N–H and O–H groups in total. The lowest BCUT2D eigenvalue weighted by molar-refractivity contribution is 0.256. The van der Waals surface area contributed by atoms with E-state index in [-0.39, 0.29) is 50.7 Å². The molecule has 0 saturated heterocycles. The maximum absolute atomic E-state index is 2.89. The molecular formula is C64H81BN2S. The van der Waals surface area contributed by atoms with Crippen molar-refractivity contribution in [3.05, 3.63) is 117 Å². The van der Waals surface area contributed by atoms with Crippen LogP contribution in [-0.4, -0.2) is 12.8 Å². The lowest BCUT2D eigenvalue weighted by atomic mass is 9.35. The molecule has 2 unspecified atom stereocenters. The SMILES string of the molecule is CCC(C)c1ccc(N2c3cc(C(C)(C)C)cc4c3B(c3cc5c(cc3N4C3C=CC4=C(C3)C(C)(C)CCC4(C)C)C(C)(C)CCC5(C)C)c3sc4cc5c(cc4c32)C(C)(C)CCC5(C)C)cc1. The van der Waals surface area contributed by atoms with Crippen LogP contribution in [0.5, 0.6) is 0 Å². The van der Waals surface area contributed by atoms with Crippen LogP contribution in [0.3, 0.4) is 0 Å². The highest BCUT2D eigenvalue weighted by molar-refractivity contribution is 7.33. The Labute approximate surface area is 416 Å². The summed E-state index contributed by atoms with van der Waals surface area (Å²) in [5, 5.41) is 1.43. The fourth-order valence-corrected chi connectivity index (χ4v) is 15.3. The highest BCUT2D eigenvalue weighted by atomic mass is 32.1. The van der Waals surface area contributed by atoms with Gasteiger partial charge in [0.25, 0.3) is 6.71 Å². The number of hydrogen-bond acceptors (Lipinski definition) is 3. The van der Waals surface area contributed by atoms with E-state index in [9.17, 15) is 0 Å². The van der Waals surface area contributed by atoms with E-state index in [2.05, 4.69) is 212 Å². The van der Waals surface area contributed by atoms with Crippen LogP contribution >= 0.6 is 11.3 Å². The first kappa shape index (κ1) is 46.4. The minimum absolute atomic E-state index is 0.0694. The highest BCUT2D eigenvalue weighted by Crippen LogP contribution is 2.57. The zero-order valence-corrected chi connectivity index (χ0v) is 45.9. The zero-order valence-electron chi connectivity index (χ0n) is 45.1. The van der Waals surface area contributed by atoms with Crippen molar-refractivity contribution in [2.75, 3.05) is 9.80 Å². The van der Waals surface area contributed by atoms with Gasteiger partial charge in [0.15, 0.2) is 0 Å². The second-order valence-corrected chi connectivity index (χ2v) is 28.8. The average Bonchev–Trinajstić information content (AvgIpc) is 3.65. The van der Waals surface area contributed by atoms with Crippen molar-refractivity contribution < 1.29 is 0 Å². The molecule has 6 aliphatic rings. The maximum atomic E-state index is 2.89. The molecule has 3 heterocycles. The summed E-state index contributed by atoms with van der Waals surface area (Å²) in [5.41, 5.74) is 22.9. The van der Waals surface area contributed by atoms with Crippen LogP contribution in [0, 0.1) is 10.8 Å². The topological polar surface area (TPSA) is 6.48 Å². The summed E-state index contributed by atoms with van der Waals surface area (Å²) in [5.74, 6) is 0.519. The predicted molar refractivity (Wildman–Crippen MR) is 299 cm³/mol. The number of nitrogens with zero attached hydrogens (tertiary/aromatic N) is 2. The van der Waals surface area contributed by atoms with Gasteiger partial charge in [0, 0.05) is 37.6 Å². The Bertz CT molecular complexity index is 2990. The van der Waals surface area contributed by atoms with E-state index in [1.54, 1.807) is 33.4 Å². The van der Waals surface area contributed by atoms with Crippen LogP contribution in [0.25, 0.3) is 10.1 Å². The van der Waals surface area contributed by atoms with Crippen molar-refractivity contribution in [3.8, 4) is 0 Å². The molecule has 0 amide bonds. The molecule has 2 atom stereocenters. The molecule has 0 spiro atoms. The van der Waals surface area contributed by atoms with Crippen LogP contribution in [0.15, 0.2) is 84.0 Å². The molecule has 1 aromatic heterocycles. The van der Waals surface area contributed by atoms with Crippen LogP contribution in [0.4, 0.5) is 28.4 Å². The van der Waals surface area contributed by atoms with Crippen LogP contribution in [-0.2, 0) is 27.1 Å². The first-order valence-corrected chi connectivity index (χ1v) is 27.6. The van der Waals surface area contributed by atoms with E-state index < -0.39 is 0 Å². The number of rotatable bonds is 4. The molecule has 4 heteroatoms. The fourth-order valence-electron chi connectivity index (χ4n) is 13.9. The number of hydrogen-bond donors (Lipinski definition) is 0. The van der Waals surface area contributed by atoms with Crippen LogP contribution < -0.4 is 25.5 Å². The molecule has 5 aromatic rings. The first-order chi connectivity index (χ1) is 31.6. The summed E-state index contributed by atoms with van der Waals surface area (Å²) >= 11 is 2.10. The molecule has 356 valence electrons. The third-order valence-electron chi connectivity index (χ3n) is 19.3. The van der Waals surface area contributed by atoms with Crippen LogP contribution in [0.1, 0.15) is 208 Å². The second-order valence-electron chi connectivity index (χ2n) is 27.7. The molecule has 2 nitrogen and oxygen atoms in total. The Morgan fingerprint density at radius 1 is 0.647 bits per heavy atom. The fraction of sp³-hybridized carbons (Fsp3) is 0.531. The summed E-state index contributed by atoms with van der Waals surface area (Å²) in [4.78, 5) is 5.65. The van der Waals surface area contributed by atoms with Crippen molar-refractivity contribution in [3.63, 3.8) is 0 Å². The lowest BCUT2D eigenvalue weighted by Gasteiger charge is -2.51. The Balaban J connectivity index is 1.26.